The number of aliphatic hydroxyl groups excluding tert-OH is 1. The highest BCUT2D eigenvalue weighted by Crippen LogP contribution is 2.28. The minimum atomic E-state index is -0.0790. The van der Waals surface area contributed by atoms with Crippen LogP contribution < -0.4 is 5.32 Å². The molecule has 2 aliphatic carbocycles. The van der Waals surface area contributed by atoms with Crippen LogP contribution in [0.5, 0.6) is 0 Å². The van der Waals surface area contributed by atoms with Gasteiger partial charge < -0.3 is 10.4 Å². The Morgan fingerprint density at radius 3 is 2.46 bits per heavy atom. The van der Waals surface area contributed by atoms with Gasteiger partial charge in [0.2, 0.25) is 0 Å². The molecule has 76 valence electrons. The molecule has 0 spiro atoms. The summed E-state index contributed by atoms with van der Waals surface area (Å²) in [6, 6.07) is 1.10. The first-order valence-corrected chi connectivity index (χ1v) is 5.70. The van der Waals surface area contributed by atoms with E-state index in [9.17, 15) is 5.11 Å². The van der Waals surface area contributed by atoms with E-state index in [4.69, 9.17) is 0 Å². The van der Waals surface area contributed by atoms with Crippen LogP contribution in [0.3, 0.4) is 0 Å². The van der Waals surface area contributed by atoms with Crippen LogP contribution in [0.4, 0.5) is 0 Å². The summed E-state index contributed by atoms with van der Waals surface area (Å²) in [5.74, 6) is 0.901. The van der Waals surface area contributed by atoms with Crippen molar-refractivity contribution in [2.75, 3.05) is 0 Å². The molecule has 0 aliphatic heterocycles. The smallest absolute Gasteiger partial charge is 0.0693 e. The van der Waals surface area contributed by atoms with Gasteiger partial charge in [-0.25, -0.2) is 0 Å². The van der Waals surface area contributed by atoms with Gasteiger partial charge in [-0.1, -0.05) is 19.8 Å². The van der Waals surface area contributed by atoms with Crippen LogP contribution in [0.1, 0.15) is 45.4 Å². The van der Waals surface area contributed by atoms with Gasteiger partial charge in [-0.3, -0.25) is 0 Å². The van der Waals surface area contributed by atoms with E-state index in [0.29, 0.717) is 12.1 Å². The first-order valence-electron chi connectivity index (χ1n) is 5.70. The fourth-order valence-electron chi connectivity index (χ4n) is 2.65. The zero-order valence-electron chi connectivity index (χ0n) is 8.50. The van der Waals surface area contributed by atoms with Crippen molar-refractivity contribution in [3.8, 4) is 0 Å². The van der Waals surface area contributed by atoms with E-state index in [1.165, 1.54) is 32.1 Å². The van der Waals surface area contributed by atoms with Crippen molar-refractivity contribution in [2.24, 2.45) is 5.92 Å². The Hall–Kier alpha value is -0.0800. The molecule has 2 N–H and O–H groups in total. The fraction of sp³-hybridized carbons (Fsp3) is 1.00. The molecule has 2 unspecified atom stereocenters. The van der Waals surface area contributed by atoms with E-state index >= 15 is 0 Å². The fourth-order valence-corrected chi connectivity index (χ4v) is 2.65. The summed E-state index contributed by atoms with van der Waals surface area (Å²) >= 11 is 0. The first-order chi connectivity index (χ1) is 6.25. The average molecular weight is 183 g/mol. The Kier molecular flexibility index (Phi) is 2.89. The molecule has 2 aliphatic rings. The molecule has 0 aromatic rings. The van der Waals surface area contributed by atoms with Gasteiger partial charge in [-0.2, -0.15) is 0 Å². The van der Waals surface area contributed by atoms with Crippen molar-refractivity contribution in [2.45, 2.75) is 63.6 Å². The molecule has 0 radical (unpaired) electrons. The molecule has 2 saturated carbocycles. The Bertz CT molecular complexity index is 165. The van der Waals surface area contributed by atoms with Crippen LogP contribution >= 0.6 is 0 Å². The van der Waals surface area contributed by atoms with Gasteiger partial charge in [0, 0.05) is 12.1 Å². The molecule has 2 heteroatoms. The van der Waals surface area contributed by atoms with Gasteiger partial charge >= 0.3 is 0 Å². The SMILES string of the molecule is CC1CC(NC2CCCCC2O)C1. The lowest BCUT2D eigenvalue weighted by molar-refractivity contribution is 0.0710. The normalized spacial score (nSPS) is 45.7. The Balaban J connectivity index is 1.73. The third-order valence-corrected chi connectivity index (χ3v) is 3.55. The third kappa shape index (κ3) is 2.23. The Labute approximate surface area is 80.7 Å². The largest absolute Gasteiger partial charge is 0.392 e. The van der Waals surface area contributed by atoms with Crippen LogP contribution in [0.25, 0.3) is 0 Å². The summed E-state index contributed by atoms with van der Waals surface area (Å²) in [4.78, 5) is 0. The minimum Gasteiger partial charge on any atom is -0.392 e. The number of hydrogen-bond donors (Lipinski definition) is 2. The monoisotopic (exact) mass is 183 g/mol. The van der Waals surface area contributed by atoms with Crippen LogP contribution in [-0.2, 0) is 0 Å². The highest BCUT2D eigenvalue weighted by Gasteiger charge is 2.30. The molecule has 2 nitrogen and oxygen atoms in total. The molecule has 0 amide bonds. The van der Waals surface area contributed by atoms with Gasteiger partial charge in [0.05, 0.1) is 6.10 Å². The van der Waals surface area contributed by atoms with Crippen molar-refractivity contribution in [1.29, 1.82) is 0 Å². The molecule has 0 saturated heterocycles. The third-order valence-electron chi connectivity index (χ3n) is 3.55. The second-order valence-electron chi connectivity index (χ2n) is 4.90. The highest BCUT2D eigenvalue weighted by atomic mass is 16.3. The lowest BCUT2D eigenvalue weighted by atomic mass is 9.80. The second-order valence-corrected chi connectivity index (χ2v) is 4.90. The summed E-state index contributed by atoms with van der Waals surface area (Å²) in [7, 11) is 0. The van der Waals surface area contributed by atoms with Crippen molar-refractivity contribution in [3.63, 3.8) is 0 Å². The van der Waals surface area contributed by atoms with Gasteiger partial charge in [0.1, 0.15) is 0 Å². The standard InChI is InChI=1S/C11H21NO/c1-8-6-9(7-8)12-10-4-2-3-5-11(10)13/h8-13H,2-7H2,1H3. The summed E-state index contributed by atoms with van der Waals surface area (Å²) < 4.78 is 0. The van der Waals surface area contributed by atoms with E-state index < -0.39 is 0 Å². The van der Waals surface area contributed by atoms with E-state index in [1.54, 1.807) is 0 Å². The molecular weight excluding hydrogens is 162 g/mol. The average Bonchev–Trinajstić information content (AvgIpc) is 2.06. The van der Waals surface area contributed by atoms with E-state index in [0.717, 1.165) is 12.3 Å². The van der Waals surface area contributed by atoms with E-state index in [-0.39, 0.29) is 6.10 Å². The number of nitrogens with one attached hydrogen (secondary N) is 1. The maximum Gasteiger partial charge on any atom is 0.0693 e. The zero-order valence-corrected chi connectivity index (χ0v) is 8.50. The molecule has 0 aromatic carbocycles. The topological polar surface area (TPSA) is 32.3 Å². The first kappa shape index (κ1) is 9.47. The van der Waals surface area contributed by atoms with Crippen LogP contribution in [0.2, 0.25) is 0 Å². The van der Waals surface area contributed by atoms with Crippen molar-refractivity contribution in [1.82, 2.24) is 5.32 Å². The quantitative estimate of drug-likeness (QED) is 0.682. The Morgan fingerprint density at radius 2 is 1.85 bits per heavy atom. The Morgan fingerprint density at radius 1 is 1.15 bits per heavy atom. The number of aliphatic hydroxyl groups is 1. The second kappa shape index (κ2) is 3.97. The van der Waals surface area contributed by atoms with Gasteiger partial charge in [-0.15, -0.1) is 0 Å². The maximum atomic E-state index is 9.74. The van der Waals surface area contributed by atoms with E-state index in [1.807, 2.05) is 0 Å². The van der Waals surface area contributed by atoms with Gasteiger partial charge in [-0.05, 0) is 31.6 Å². The number of hydrogen-bond acceptors (Lipinski definition) is 2. The minimum absolute atomic E-state index is 0.0790. The van der Waals surface area contributed by atoms with Crippen molar-refractivity contribution >= 4 is 0 Å². The summed E-state index contributed by atoms with van der Waals surface area (Å²) in [6.07, 6.45) is 7.21. The number of rotatable bonds is 2. The summed E-state index contributed by atoms with van der Waals surface area (Å²) in [5.41, 5.74) is 0. The predicted octanol–water partition coefficient (Wildman–Crippen LogP) is 1.68. The highest BCUT2D eigenvalue weighted by molar-refractivity contribution is 4.89. The van der Waals surface area contributed by atoms with Crippen molar-refractivity contribution < 1.29 is 5.11 Å². The molecule has 0 bridgehead atoms. The predicted molar refractivity (Wildman–Crippen MR) is 53.6 cm³/mol. The summed E-state index contributed by atoms with van der Waals surface area (Å²) in [5, 5.41) is 13.3. The van der Waals surface area contributed by atoms with Crippen LogP contribution in [0, 0.1) is 5.92 Å². The lowest BCUT2D eigenvalue weighted by Gasteiger charge is -2.39. The molecule has 2 fully saturated rings. The molecule has 0 heterocycles. The van der Waals surface area contributed by atoms with Gasteiger partial charge in [0.25, 0.3) is 0 Å². The maximum absolute atomic E-state index is 9.74. The van der Waals surface area contributed by atoms with Crippen LogP contribution in [0.15, 0.2) is 0 Å². The van der Waals surface area contributed by atoms with Gasteiger partial charge in [0.15, 0.2) is 0 Å². The van der Waals surface area contributed by atoms with Crippen molar-refractivity contribution in [3.05, 3.63) is 0 Å². The molecule has 2 atom stereocenters. The molecule has 2 rings (SSSR count). The molecular formula is C11H21NO. The zero-order chi connectivity index (χ0) is 9.26. The molecule has 13 heavy (non-hydrogen) atoms. The summed E-state index contributed by atoms with van der Waals surface area (Å²) in [6.45, 7) is 2.30. The molecule has 0 aromatic heterocycles. The lowest BCUT2D eigenvalue weighted by Crippen LogP contribution is -2.51. The van der Waals surface area contributed by atoms with E-state index in [2.05, 4.69) is 12.2 Å². The van der Waals surface area contributed by atoms with Crippen LogP contribution in [-0.4, -0.2) is 23.3 Å².